The number of aliphatic imine (C=N–C) groups is 1. The van der Waals surface area contributed by atoms with Crippen LogP contribution < -0.4 is 10.1 Å². The lowest BCUT2D eigenvalue weighted by Crippen LogP contribution is -2.35. The van der Waals surface area contributed by atoms with Crippen molar-refractivity contribution in [2.24, 2.45) is 10.9 Å². The van der Waals surface area contributed by atoms with Crippen molar-refractivity contribution in [3.8, 4) is 11.5 Å². The standard InChI is InChI=1S/C28H40N2O4/c1-5-7-8-27-22(17-31)14-23(34-27)11-9-20-10-12-26(32)28(13-20)33-18-25(29-6-2)24-15-21(16-30-24)19(3)4/h10,12-16,19,25,27,29,31-32H,5-9,11,17-18H2,1-4H3/t25-,27?/m0/s1. The van der Waals surface area contributed by atoms with Gasteiger partial charge >= 0.3 is 0 Å². The van der Waals surface area contributed by atoms with Crippen LogP contribution in [-0.2, 0) is 11.2 Å². The molecule has 34 heavy (non-hydrogen) atoms. The van der Waals surface area contributed by atoms with Gasteiger partial charge in [0.2, 0.25) is 0 Å². The molecule has 1 aromatic rings. The van der Waals surface area contributed by atoms with Gasteiger partial charge in [-0.1, -0.05) is 45.3 Å². The molecule has 6 nitrogen and oxygen atoms in total. The molecule has 2 aliphatic heterocycles. The smallest absolute Gasteiger partial charge is 0.196 e. The van der Waals surface area contributed by atoms with E-state index in [-0.39, 0.29) is 24.5 Å². The van der Waals surface area contributed by atoms with Gasteiger partial charge < -0.3 is 19.7 Å². The van der Waals surface area contributed by atoms with Gasteiger partial charge in [-0.2, -0.15) is 11.6 Å². The summed E-state index contributed by atoms with van der Waals surface area (Å²) < 4.78 is 12.1. The van der Waals surface area contributed by atoms with Gasteiger partial charge in [0.1, 0.15) is 24.8 Å². The van der Waals surface area contributed by atoms with Crippen LogP contribution in [0.2, 0.25) is 0 Å². The Morgan fingerprint density at radius 3 is 2.79 bits per heavy atom. The lowest BCUT2D eigenvalue weighted by molar-refractivity contribution is 0.103. The number of hydrogen-bond acceptors (Lipinski definition) is 6. The fourth-order valence-electron chi connectivity index (χ4n) is 4.17. The maximum atomic E-state index is 10.4. The first kappa shape index (κ1) is 26.2. The number of phenolic OH excluding ortho intramolecular Hbond substituents is 1. The zero-order valence-corrected chi connectivity index (χ0v) is 21.0. The summed E-state index contributed by atoms with van der Waals surface area (Å²) in [4.78, 5) is 4.58. The van der Waals surface area contributed by atoms with Crippen molar-refractivity contribution in [3.05, 3.63) is 59.2 Å². The Morgan fingerprint density at radius 2 is 2.12 bits per heavy atom. The lowest BCUT2D eigenvalue weighted by Gasteiger charge is -2.24. The van der Waals surface area contributed by atoms with Crippen LogP contribution in [0.25, 0.3) is 0 Å². The minimum atomic E-state index is -0.0508. The number of benzene rings is 1. The maximum Gasteiger partial charge on any atom is 0.196 e. The van der Waals surface area contributed by atoms with Crippen LogP contribution in [0.1, 0.15) is 58.9 Å². The van der Waals surface area contributed by atoms with E-state index in [1.165, 1.54) is 5.92 Å². The van der Waals surface area contributed by atoms with Gasteiger partial charge in [-0.05, 0) is 50.9 Å². The number of rotatable bonds is 14. The summed E-state index contributed by atoms with van der Waals surface area (Å²) in [5.41, 5.74) is 2.99. The zero-order chi connectivity index (χ0) is 24.5. The van der Waals surface area contributed by atoms with Crippen LogP contribution in [0.5, 0.6) is 11.5 Å². The minimum absolute atomic E-state index is 0.00247. The molecule has 6 heteroatoms. The molecule has 0 aliphatic carbocycles. The number of phenols is 1. The van der Waals surface area contributed by atoms with Crippen molar-refractivity contribution in [2.75, 3.05) is 19.8 Å². The predicted molar refractivity (Wildman–Crippen MR) is 137 cm³/mol. The number of hydrogen-bond donors (Lipinski definition) is 3. The summed E-state index contributed by atoms with van der Waals surface area (Å²) in [6.45, 7) is 9.74. The number of nitrogens with zero attached hydrogens (tertiary/aromatic N) is 1. The number of aliphatic hydroxyl groups excluding tert-OH is 1. The average molecular weight is 469 g/mol. The van der Waals surface area contributed by atoms with E-state index in [0.29, 0.717) is 18.3 Å². The molecule has 1 unspecified atom stereocenters. The second kappa shape index (κ2) is 12.9. The van der Waals surface area contributed by atoms with E-state index in [1.807, 2.05) is 24.4 Å². The van der Waals surface area contributed by atoms with Crippen molar-refractivity contribution in [1.29, 1.82) is 0 Å². The molecule has 0 aromatic heterocycles. The van der Waals surface area contributed by atoms with E-state index in [2.05, 4.69) is 44.1 Å². The van der Waals surface area contributed by atoms with Gasteiger partial charge in [-0.3, -0.25) is 5.32 Å². The van der Waals surface area contributed by atoms with E-state index >= 15 is 0 Å². The van der Waals surface area contributed by atoms with Crippen LogP contribution >= 0.6 is 0 Å². The molecule has 2 aliphatic rings. The highest BCUT2D eigenvalue weighted by molar-refractivity contribution is 5.83. The zero-order valence-electron chi connectivity index (χ0n) is 21.0. The first-order chi connectivity index (χ1) is 16.4. The molecule has 186 valence electrons. The largest absolute Gasteiger partial charge is 0.504 e. The Labute approximate surface area is 204 Å². The predicted octanol–water partition coefficient (Wildman–Crippen LogP) is 4.92. The molecule has 3 N–H and O–H groups in total. The molecule has 0 spiro atoms. The van der Waals surface area contributed by atoms with Crippen LogP contribution in [-0.4, -0.2) is 48.3 Å². The molecule has 0 fully saturated rings. The average Bonchev–Trinajstić information content (AvgIpc) is 3.47. The number of aliphatic hydroxyl groups is 1. The lowest BCUT2D eigenvalue weighted by atomic mass is 9.97. The first-order valence-electron chi connectivity index (χ1n) is 12.6. The molecular formula is C28H40N2O4. The van der Waals surface area contributed by atoms with Gasteiger partial charge in [0, 0.05) is 18.6 Å². The Balaban J connectivity index is 1.58. The third-order valence-electron chi connectivity index (χ3n) is 6.30. The third kappa shape index (κ3) is 7.05. The number of aromatic hydroxyl groups is 1. The molecular weight excluding hydrogens is 428 g/mol. The number of aryl methyl sites for hydroxylation is 1. The number of unbranched alkanes of at least 4 members (excludes halogenated alkanes) is 1. The molecule has 2 atom stereocenters. The summed E-state index contributed by atoms with van der Waals surface area (Å²) in [5.74, 6) is 2.24. The van der Waals surface area contributed by atoms with E-state index in [9.17, 15) is 10.2 Å². The SMILES string of the molecule is CCCCC1O[C-](CCc2ccc(O)c(OC[C@H](NCC)C3=C[C+](C(C)C)C=N3)c2)C=C1CO. The number of ether oxygens (including phenoxy) is 2. The van der Waals surface area contributed by atoms with Crippen molar-refractivity contribution in [3.63, 3.8) is 0 Å². The second-order valence-electron chi connectivity index (χ2n) is 9.30. The summed E-state index contributed by atoms with van der Waals surface area (Å²) in [6.07, 6.45) is 11.6. The van der Waals surface area contributed by atoms with Crippen molar-refractivity contribution in [1.82, 2.24) is 5.32 Å². The molecule has 0 amide bonds. The summed E-state index contributed by atoms with van der Waals surface area (Å²) >= 11 is 0. The van der Waals surface area contributed by atoms with Gasteiger partial charge in [-0.15, -0.1) is 4.99 Å². The Bertz CT molecular complexity index is 877. The van der Waals surface area contributed by atoms with Crippen LogP contribution in [0.15, 0.2) is 46.6 Å². The molecule has 3 rings (SSSR count). The van der Waals surface area contributed by atoms with Gasteiger partial charge in [-0.25, -0.2) is 0 Å². The number of nitrogens with one attached hydrogen (secondary N) is 1. The quantitative estimate of drug-likeness (QED) is 0.338. The van der Waals surface area contributed by atoms with Gasteiger partial charge in [0.25, 0.3) is 0 Å². The van der Waals surface area contributed by atoms with Crippen LogP contribution in [0.4, 0.5) is 0 Å². The van der Waals surface area contributed by atoms with Crippen LogP contribution in [0, 0.1) is 17.9 Å². The van der Waals surface area contributed by atoms with Crippen molar-refractivity contribution >= 4 is 6.21 Å². The number of likely N-dealkylation sites (N-methyl/N-ethyl adjacent to an activating group) is 1. The fourth-order valence-corrected chi connectivity index (χ4v) is 4.17. The third-order valence-corrected chi connectivity index (χ3v) is 6.30. The minimum Gasteiger partial charge on any atom is -0.504 e. The summed E-state index contributed by atoms with van der Waals surface area (Å²) in [7, 11) is 0. The van der Waals surface area contributed by atoms with E-state index in [1.54, 1.807) is 6.07 Å². The van der Waals surface area contributed by atoms with E-state index in [4.69, 9.17) is 9.47 Å². The molecule has 2 heterocycles. The first-order valence-corrected chi connectivity index (χ1v) is 12.6. The van der Waals surface area contributed by atoms with Crippen LogP contribution in [0.3, 0.4) is 0 Å². The molecule has 0 radical (unpaired) electrons. The Morgan fingerprint density at radius 1 is 1.29 bits per heavy atom. The van der Waals surface area contributed by atoms with Gasteiger partial charge in [0.05, 0.1) is 0 Å². The summed E-state index contributed by atoms with van der Waals surface area (Å²) in [6, 6.07) is 5.45. The highest BCUT2D eigenvalue weighted by atomic mass is 16.5. The molecule has 1 aromatic carbocycles. The highest BCUT2D eigenvalue weighted by Crippen LogP contribution is 2.33. The van der Waals surface area contributed by atoms with Crippen molar-refractivity contribution < 1.29 is 19.7 Å². The maximum absolute atomic E-state index is 10.4. The Kier molecular flexibility index (Phi) is 9.93. The Hall–Kier alpha value is -2.41. The topological polar surface area (TPSA) is 83.3 Å². The monoisotopic (exact) mass is 468 g/mol. The fraction of sp³-hybridized carbons (Fsp3) is 0.536. The number of allylic oxidation sites excluding steroid dienone is 1. The summed E-state index contributed by atoms with van der Waals surface area (Å²) in [5, 5.41) is 23.4. The van der Waals surface area contributed by atoms with E-state index in [0.717, 1.165) is 61.6 Å². The highest BCUT2D eigenvalue weighted by Gasteiger charge is 2.30. The second-order valence-corrected chi connectivity index (χ2v) is 9.30. The molecule has 0 saturated carbocycles. The molecule has 0 saturated heterocycles. The van der Waals surface area contributed by atoms with E-state index < -0.39 is 0 Å². The van der Waals surface area contributed by atoms with Crippen molar-refractivity contribution in [2.45, 2.75) is 71.9 Å². The normalized spacial score (nSPS) is 18.6. The van der Waals surface area contributed by atoms with Gasteiger partial charge in [0.15, 0.2) is 23.2 Å². The molecule has 0 bridgehead atoms.